The van der Waals surface area contributed by atoms with Crippen molar-refractivity contribution in [2.45, 2.75) is 26.3 Å². The largest absolute Gasteiger partial charge is 0.380 e. The quantitative estimate of drug-likeness (QED) is 0.849. The number of aryl methyl sites for hydroxylation is 1. The Hall–Kier alpha value is -1.83. The predicted octanol–water partition coefficient (Wildman–Crippen LogP) is 4.18. The minimum Gasteiger partial charge on any atom is -0.380 e. The first-order chi connectivity index (χ1) is 8.66. The highest BCUT2D eigenvalue weighted by Gasteiger charge is 2.09. The zero-order valence-electron chi connectivity index (χ0n) is 10.8. The Morgan fingerprint density at radius 3 is 2.44 bits per heavy atom. The molecule has 1 atom stereocenters. The summed E-state index contributed by atoms with van der Waals surface area (Å²) in [6.07, 6.45) is 0.884. The lowest BCUT2D eigenvalue weighted by atomic mass is 10.1. The van der Waals surface area contributed by atoms with E-state index in [4.69, 9.17) is 0 Å². The minimum absolute atomic E-state index is 0.185. The van der Waals surface area contributed by atoms with Crippen LogP contribution in [0.5, 0.6) is 0 Å². The van der Waals surface area contributed by atoms with Crippen molar-refractivity contribution >= 4 is 5.69 Å². The number of hydrogen-bond donors (Lipinski definition) is 1. The second-order valence-corrected chi connectivity index (χ2v) is 4.67. The van der Waals surface area contributed by atoms with Crippen molar-refractivity contribution in [3.63, 3.8) is 0 Å². The summed E-state index contributed by atoms with van der Waals surface area (Å²) in [6.45, 7) is 3.99. The topological polar surface area (TPSA) is 12.0 Å². The SMILES string of the molecule is Cc1cccc(F)c1NC(C)Cc1ccccc1. The molecule has 0 aliphatic carbocycles. The van der Waals surface area contributed by atoms with E-state index in [9.17, 15) is 4.39 Å². The van der Waals surface area contributed by atoms with Gasteiger partial charge in [0, 0.05) is 6.04 Å². The van der Waals surface area contributed by atoms with Crippen molar-refractivity contribution in [1.29, 1.82) is 0 Å². The molecule has 1 nitrogen and oxygen atoms in total. The fourth-order valence-electron chi connectivity index (χ4n) is 2.08. The minimum atomic E-state index is -0.185. The van der Waals surface area contributed by atoms with Crippen LogP contribution in [0.15, 0.2) is 48.5 Å². The highest BCUT2D eigenvalue weighted by molar-refractivity contribution is 5.52. The monoisotopic (exact) mass is 243 g/mol. The van der Waals surface area contributed by atoms with Gasteiger partial charge in [0.2, 0.25) is 0 Å². The Balaban J connectivity index is 2.06. The van der Waals surface area contributed by atoms with Crippen LogP contribution < -0.4 is 5.32 Å². The third kappa shape index (κ3) is 3.10. The Labute approximate surface area is 108 Å². The molecule has 0 fully saturated rings. The Morgan fingerprint density at radius 1 is 1.06 bits per heavy atom. The van der Waals surface area contributed by atoms with Crippen LogP contribution in [0.1, 0.15) is 18.1 Å². The number of benzene rings is 2. The van der Waals surface area contributed by atoms with E-state index in [0.717, 1.165) is 12.0 Å². The van der Waals surface area contributed by atoms with Gasteiger partial charge < -0.3 is 5.32 Å². The molecule has 2 aromatic rings. The van der Waals surface area contributed by atoms with Crippen molar-refractivity contribution in [2.75, 3.05) is 5.32 Å². The van der Waals surface area contributed by atoms with Gasteiger partial charge in [-0.1, -0.05) is 42.5 Å². The average Bonchev–Trinajstić information content (AvgIpc) is 2.35. The fraction of sp³-hybridized carbons (Fsp3) is 0.250. The molecule has 0 saturated heterocycles. The van der Waals surface area contributed by atoms with Gasteiger partial charge in [-0.05, 0) is 37.5 Å². The summed E-state index contributed by atoms with van der Waals surface area (Å²) >= 11 is 0. The van der Waals surface area contributed by atoms with E-state index in [1.165, 1.54) is 11.6 Å². The van der Waals surface area contributed by atoms with Gasteiger partial charge in [0.05, 0.1) is 5.69 Å². The summed E-state index contributed by atoms with van der Waals surface area (Å²) in [7, 11) is 0. The third-order valence-corrected chi connectivity index (χ3v) is 3.00. The van der Waals surface area contributed by atoms with Crippen molar-refractivity contribution in [3.8, 4) is 0 Å². The van der Waals surface area contributed by atoms with Gasteiger partial charge in [-0.2, -0.15) is 0 Å². The standard InChI is InChI=1S/C16H18FN/c1-12-7-6-10-15(17)16(12)18-13(2)11-14-8-4-3-5-9-14/h3-10,13,18H,11H2,1-2H3. The van der Waals surface area contributed by atoms with Gasteiger partial charge in [-0.25, -0.2) is 4.39 Å². The van der Waals surface area contributed by atoms with Crippen LogP contribution in [-0.4, -0.2) is 6.04 Å². The van der Waals surface area contributed by atoms with Gasteiger partial charge in [-0.15, -0.1) is 0 Å². The summed E-state index contributed by atoms with van der Waals surface area (Å²) in [5, 5.41) is 3.25. The molecule has 0 aliphatic heterocycles. The number of para-hydroxylation sites is 1. The average molecular weight is 243 g/mol. The van der Waals surface area contributed by atoms with Crippen LogP contribution >= 0.6 is 0 Å². The molecule has 0 spiro atoms. The lowest BCUT2D eigenvalue weighted by molar-refractivity contribution is 0.624. The van der Waals surface area contributed by atoms with Crippen molar-refractivity contribution in [1.82, 2.24) is 0 Å². The van der Waals surface area contributed by atoms with E-state index in [-0.39, 0.29) is 11.9 Å². The predicted molar refractivity (Wildman–Crippen MR) is 74.4 cm³/mol. The zero-order valence-corrected chi connectivity index (χ0v) is 10.8. The van der Waals surface area contributed by atoms with E-state index >= 15 is 0 Å². The number of hydrogen-bond acceptors (Lipinski definition) is 1. The number of halogens is 1. The second kappa shape index (κ2) is 5.67. The van der Waals surface area contributed by atoms with Gasteiger partial charge >= 0.3 is 0 Å². The second-order valence-electron chi connectivity index (χ2n) is 4.67. The maximum Gasteiger partial charge on any atom is 0.146 e. The van der Waals surface area contributed by atoms with E-state index in [0.29, 0.717) is 5.69 Å². The molecule has 0 radical (unpaired) electrons. The van der Waals surface area contributed by atoms with E-state index in [2.05, 4.69) is 24.4 Å². The van der Waals surface area contributed by atoms with Gasteiger partial charge in [0.15, 0.2) is 0 Å². The molecule has 2 rings (SSSR count). The zero-order chi connectivity index (χ0) is 13.0. The molecule has 94 valence electrons. The Bertz CT molecular complexity index is 488. The molecule has 0 amide bonds. The van der Waals surface area contributed by atoms with Crippen LogP contribution in [-0.2, 0) is 6.42 Å². The summed E-state index contributed by atoms with van der Waals surface area (Å²) < 4.78 is 13.7. The first-order valence-corrected chi connectivity index (χ1v) is 6.22. The van der Waals surface area contributed by atoms with E-state index in [1.54, 1.807) is 6.07 Å². The highest BCUT2D eigenvalue weighted by atomic mass is 19.1. The van der Waals surface area contributed by atoms with Crippen molar-refractivity contribution < 1.29 is 4.39 Å². The summed E-state index contributed by atoms with van der Waals surface area (Å²) in [4.78, 5) is 0. The molecule has 0 aromatic heterocycles. The molecule has 2 aromatic carbocycles. The summed E-state index contributed by atoms with van der Waals surface area (Å²) in [5.41, 5.74) is 2.81. The van der Waals surface area contributed by atoms with Crippen LogP contribution in [0.3, 0.4) is 0 Å². The van der Waals surface area contributed by atoms with Crippen molar-refractivity contribution in [3.05, 3.63) is 65.5 Å². The summed E-state index contributed by atoms with van der Waals surface area (Å²) in [6, 6.07) is 15.6. The normalized spacial score (nSPS) is 12.2. The van der Waals surface area contributed by atoms with Crippen LogP contribution in [0, 0.1) is 12.7 Å². The molecule has 0 aliphatic rings. The van der Waals surface area contributed by atoms with Gasteiger partial charge in [0.25, 0.3) is 0 Å². The Kier molecular flexibility index (Phi) is 3.98. The molecule has 1 N–H and O–H groups in total. The number of anilines is 1. The molecule has 0 bridgehead atoms. The molecular formula is C16H18FN. The molecule has 18 heavy (non-hydrogen) atoms. The van der Waals surface area contributed by atoms with Gasteiger partial charge in [0.1, 0.15) is 5.82 Å². The van der Waals surface area contributed by atoms with E-state index < -0.39 is 0 Å². The first-order valence-electron chi connectivity index (χ1n) is 6.22. The highest BCUT2D eigenvalue weighted by Crippen LogP contribution is 2.20. The lowest BCUT2D eigenvalue weighted by Gasteiger charge is -2.17. The Morgan fingerprint density at radius 2 is 1.78 bits per heavy atom. The number of nitrogens with one attached hydrogen (secondary N) is 1. The summed E-state index contributed by atoms with van der Waals surface area (Å²) in [5.74, 6) is -0.185. The molecule has 0 saturated carbocycles. The molecule has 2 heteroatoms. The maximum absolute atomic E-state index is 13.7. The maximum atomic E-state index is 13.7. The number of rotatable bonds is 4. The molecular weight excluding hydrogens is 225 g/mol. The third-order valence-electron chi connectivity index (χ3n) is 3.00. The first kappa shape index (κ1) is 12.6. The van der Waals surface area contributed by atoms with Crippen LogP contribution in [0.25, 0.3) is 0 Å². The molecule has 1 unspecified atom stereocenters. The lowest BCUT2D eigenvalue weighted by Crippen LogP contribution is -2.19. The smallest absolute Gasteiger partial charge is 0.146 e. The molecule has 0 heterocycles. The van der Waals surface area contributed by atoms with Crippen LogP contribution in [0.4, 0.5) is 10.1 Å². The van der Waals surface area contributed by atoms with Crippen LogP contribution in [0.2, 0.25) is 0 Å². The van der Waals surface area contributed by atoms with E-state index in [1.807, 2.05) is 31.2 Å². The van der Waals surface area contributed by atoms with Gasteiger partial charge in [-0.3, -0.25) is 0 Å². The fourth-order valence-corrected chi connectivity index (χ4v) is 2.08. The van der Waals surface area contributed by atoms with Crippen molar-refractivity contribution in [2.24, 2.45) is 0 Å².